The number of benzene rings is 2. The minimum atomic E-state index is -0.611. The molecule has 2 aliphatic rings. The van der Waals surface area contributed by atoms with Gasteiger partial charge in [-0.3, -0.25) is 4.79 Å². The van der Waals surface area contributed by atoms with Gasteiger partial charge < -0.3 is 9.64 Å². The Morgan fingerprint density at radius 1 is 1.11 bits per heavy atom. The smallest absolute Gasteiger partial charge is 0.339 e. The van der Waals surface area contributed by atoms with Gasteiger partial charge in [0.2, 0.25) is 0 Å². The van der Waals surface area contributed by atoms with Crippen molar-refractivity contribution in [3.8, 4) is 0 Å². The quantitative estimate of drug-likeness (QED) is 0.686. The van der Waals surface area contributed by atoms with Crippen LogP contribution in [-0.2, 0) is 15.8 Å². The van der Waals surface area contributed by atoms with Crippen molar-refractivity contribution in [2.45, 2.75) is 45.1 Å². The molecule has 4 nitrogen and oxygen atoms in total. The summed E-state index contributed by atoms with van der Waals surface area (Å²) in [6.07, 6.45) is 0.628. The third-order valence-electron chi connectivity index (χ3n) is 6.21. The molecule has 2 aromatic rings. The van der Waals surface area contributed by atoms with Crippen LogP contribution in [0.4, 0.5) is 0 Å². The molecule has 146 valence electrons. The molecule has 2 heterocycles. The normalized spacial score (nSPS) is 24.2. The molecule has 1 saturated heterocycles. The number of likely N-dealkylation sites (tertiary alicyclic amines) is 1. The van der Waals surface area contributed by atoms with Gasteiger partial charge in [0.15, 0.2) is 0 Å². The molecule has 28 heavy (non-hydrogen) atoms. The van der Waals surface area contributed by atoms with Crippen LogP contribution >= 0.6 is 0 Å². The summed E-state index contributed by atoms with van der Waals surface area (Å²) in [5.41, 5.74) is 3.00. The minimum Gasteiger partial charge on any atom is -0.450 e. The number of hydrogen-bond donors (Lipinski definition) is 0. The topological polar surface area (TPSA) is 46.6 Å². The van der Waals surface area contributed by atoms with Crippen LogP contribution in [0, 0.1) is 5.92 Å². The maximum atomic E-state index is 13.0. The Balaban J connectivity index is 1.54. The summed E-state index contributed by atoms with van der Waals surface area (Å²) in [5, 5.41) is 0. The van der Waals surface area contributed by atoms with Crippen LogP contribution in [0.15, 0.2) is 48.5 Å². The Hall–Kier alpha value is -2.62. The lowest BCUT2D eigenvalue weighted by atomic mass is 9.76. The molecule has 4 rings (SSSR count). The summed E-state index contributed by atoms with van der Waals surface area (Å²) < 4.78 is 5.88. The number of amides is 1. The van der Waals surface area contributed by atoms with Crippen LogP contribution in [0.1, 0.15) is 66.0 Å². The number of rotatable bonds is 1. The first-order valence-corrected chi connectivity index (χ1v) is 9.95. The number of fused-ring (bicyclic) bond motifs is 2. The zero-order valence-electron chi connectivity index (χ0n) is 17.0. The van der Waals surface area contributed by atoms with E-state index < -0.39 is 5.60 Å². The highest BCUT2D eigenvalue weighted by Crippen LogP contribution is 2.47. The average Bonchev–Trinajstić information content (AvgIpc) is 2.96. The molecule has 4 heteroatoms. The summed E-state index contributed by atoms with van der Waals surface area (Å²) in [6.45, 7) is 9.70. The molecule has 1 unspecified atom stereocenters. The highest BCUT2D eigenvalue weighted by atomic mass is 16.6. The maximum Gasteiger partial charge on any atom is 0.339 e. The second kappa shape index (κ2) is 6.47. The van der Waals surface area contributed by atoms with Crippen LogP contribution in [0.2, 0.25) is 0 Å². The standard InChI is InChI=1S/C24H27NO3/c1-16-15-25(21(26)17-9-11-18(12-10-17)23(2,3)4)14-13-24(16)20-8-6-5-7-19(20)22(27)28-24/h5-12,16H,13-15H2,1-4H3/t16-,24?/m0/s1. The van der Waals surface area contributed by atoms with Gasteiger partial charge in [-0.05, 0) is 29.2 Å². The molecular formula is C24H27NO3. The molecule has 2 aliphatic heterocycles. The molecule has 2 aromatic carbocycles. The van der Waals surface area contributed by atoms with E-state index in [0.717, 1.165) is 5.56 Å². The van der Waals surface area contributed by atoms with Gasteiger partial charge in [-0.1, -0.05) is 58.0 Å². The first kappa shape index (κ1) is 18.7. The Kier molecular flexibility index (Phi) is 4.33. The van der Waals surface area contributed by atoms with Crippen molar-refractivity contribution in [3.63, 3.8) is 0 Å². The van der Waals surface area contributed by atoms with Crippen LogP contribution in [0.5, 0.6) is 0 Å². The lowest BCUT2D eigenvalue weighted by Crippen LogP contribution is -2.51. The molecule has 1 fully saturated rings. The molecule has 0 bridgehead atoms. The van der Waals surface area contributed by atoms with Crippen molar-refractivity contribution in [2.75, 3.05) is 13.1 Å². The van der Waals surface area contributed by atoms with E-state index in [9.17, 15) is 9.59 Å². The number of esters is 1. The molecule has 0 aromatic heterocycles. The van der Waals surface area contributed by atoms with Gasteiger partial charge in [-0.2, -0.15) is 0 Å². The number of nitrogens with zero attached hydrogens (tertiary/aromatic N) is 1. The van der Waals surface area contributed by atoms with E-state index in [2.05, 4.69) is 27.7 Å². The Morgan fingerprint density at radius 2 is 1.79 bits per heavy atom. The highest BCUT2D eigenvalue weighted by molar-refractivity contribution is 5.96. The monoisotopic (exact) mass is 377 g/mol. The van der Waals surface area contributed by atoms with Crippen molar-refractivity contribution in [2.24, 2.45) is 5.92 Å². The molecule has 1 amide bonds. The van der Waals surface area contributed by atoms with Crippen LogP contribution < -0.4 is 0 Å². The second-order valence-corrected chi connectivity index (χ2v) is 9.05. The Labute approximate surface area is 166 Å². The zero-order valence-corrected chi connectivity index (χ0v) is 17.0. The maximum absolute atomic E-state index is 13.0. The number of hydrogen-bond acceptors (Lipinski definition) is 3. The third-order valence-corrected chi connectivity index (χ3v) is 6.21. The van der Waals surface area contributed by atoms with Gasteiger partial charge in [-0.15, -0.1) is 0 Å². The molecule has 0 N–H and O–H groups in total. The van der Waals surface area contributed by atoms with Gasteiger partial charge in [0.05, 0.1) is 5.56 Å². The zero-order chi connectivity index (χ0) is 20.1. The van der Waals surface area contributed by atoms with E-state index in [1.807, 2.05) is 53.4 Å². The second-order valence-electron chi connectivity index (χ2n) is 9.05. The average molecular weight is 377 g/mol. The Morgan fingerprint density at radius 3 is 2.43 bits per heavy atom. The molecular weight excluding hydrogens is 350 g/mol. The van der Waals surface area contributed by atoms with Crippen molar-refractivity contribution >= 4 is 11.9 Å². The number of carbonyl (C=O) groups is 2. The third kappa shape index (κ3) is 2.92. The SMILES string of the molecule is C[C@H]1CN(C(=O)c2ccc(C(C)(C)C)cc2)CCC12OC(=O)c1ccccc12. The van der Waals surface area contributed by atoms with Gasteiger partial charge in [0.25, 0.3) is 5.91 Å². The van der Waals surface area contributed by atoms with Crippen LogP contribution in [-0.4, -0.2) is 29.9 Å². The van der Waals surface area contributed by atoms with Gasteiger partial charge in [0.1, 0.15) is 5.60 Å². The number of carbonyl (C=O) groups excluding carboxylic acids is 2. The fourth-order valence-corrected chi connectivity index (χ4v) is 4.45. The predicted octanol–water partition coefficient (Wildman–Crippen LogP) is 4.53. The highest BCUT2D eigenvalue weighted by Gasteiger charge is 2.52. The predicted molar refractivity (Wildman–Crippen MR) is 108 cm³/mol. The van der Waals surface area contributed by atoms with E-state index >= 15 is 0 Å². The first-order chi connectivity index (χ1) is 13.2. The van der Waals surface area contributed by atoms with E-state index in [1.165, 1.54) is 5.56 Å². The molecule has 0 aliphatic carbocycles. The van der Waals surface area contributed by atoms with E-state index in [1.54, 1.807) is 0 Å². The molecule has 2 atom stereocenters. The minimum absolute atomic E-state index is 0.0339. The van der Waals surface area contributed by atoms with Gasteiger partial charge >= 0.3 is 5.97 Å². The van der Waals surface area contributed by atoms with Gasteiger partial charge in [-0.25, -0.2) is 4.79 Å². The van der Waals surface area contributed by atoms with Crippen LogP contribution in [0.3, 0.4) is 0 Å². The summed E-state index contributed by atoms with van der Waals surface area (Å²) >= 11 is 0. The van der Waals surface area contributed by atoms with Crippen LogP contribution in [0.25, 0.3) is 0 Å². The van der Waals surface area contributed by atoms with Gasteiger partial charge in [0, 0.05) is 36.6 Å². The largest absolute Gasteiger partial charge is 0.450 e. The van der Waals surface area contributed by atoms with Crippen molar-refractivity contribution < 1.29 is 14.3 Å². The van der Waals surface area contributed by atoms with Crippen molar-refractivity contribution in [1.82, 2.24) is 4.90 Å². The summed E-state index contributed by atoms with van der Waals surface area (Å²) in [5.74, 6) is -0.175. The fourth-order valence-electron chi connectivity index (χ4n) is 4.45. The summed E-state index contributed by atoms with van der Waals surface area (Å²) in [7, 11) is 0. The number of ether oxygens (including phenoxy) is 1. The van der Waals surface area contributed by atoms with E-state index in [-0.39, 0.29) is 23.2 Å². The number of piperidine rings is 1. The lowest BCUT2D eigenvalue weighted by molar-refractivity contribution is -0.0714. The van der Waals surface area contributed by atoms with E-state index in [4.69, 9.17) is 4.74 Å². The lowest BCUT2D eigenvalue weighted by Gasteiger charge is -2.43. The fraction of sp³-hybridized carbons (Fsp3) is 0.417. The molecule has 0 radical (unpaired) electrons. The van der Waals surface area contributed by atoms with E-state index in [0.29, 0.717) is 30.6 Å². The summed E-state index contributed by atoms with van der Waals surface area (Å²) in [6, 6.07) is 15.5. The molecule has 1 spiro atoms. The molecule has 0 saturated carbocycles. The van der Waals surface area contributed by atoms with Crippen molar-refractivity contribution in [3.05, 3.63) is 70.8 Å². The Bertz CT molecular complexity index is 926. The van der Waals surface area contributed by atoms with Crippen molar-refractivity contribution in [1.29, 1.82) is 0 Å². The summed E-state index contributed by atoms with van der Waals surface area (Å²) in [4.78, 5) is 27.3. The first-order valence-electron chi connectivity index (χ1n) is 9.95.